The monoisotopic (exact) mass is 258 g/mol. The van der Waals surface area contributed by atoms with Crippen molar-refractivity contribution < 1.29 is 4.74 Å². The van der Waals surface area contributed by atoms with Gasteiger partial charge in [0.1, 0.15) is 5.82 Å². The molecule has 0 aliphatic carbocycles. The Balaban J connectivity index is 2.20. The molecule has 0 aromatic carbocycles. The van der Waals surface area contributed by atoms with E-state index in [0.717, 1.165) is 24.5 Å². The predicted molar refractivity (Wildman–Crippen MR) is 69.6 cm³/mol. The summed E-state index contributed by atoms with van der Waals surface area (Å²) in [5.74, 6) is 0.765. The highest BCUT2D eigenvalue weighted by atomic mass is 35.5. The Morgan fingerprint density at radius 1 is 1.41 bits per heavy atom. The topological polar surface area (TPSA) is 50.3 Å². The van der Waals surface area contributed by atoms with E-state index in [1.807, 2.05) is 21.0 Å². The van der Waals surface area contributed by atoms with Crippen molar-refractivity contribution in [2.75, 3.05) is 45.7 Å². The highest BCUT2D eigenvalue weighted by Gasteiger charge is 2.01. The molecule has 96 valence electrons. The fourth-order valence-corrected chi connectivity index (χ4v) is 1.32. The number of hydrogen-bond donors (Lipinski definition) is 1. The van der Waals surface area contributed by atoms with Gasteiger partial charge in [0.25, 0.3) is 0 Å². The SMILES string of the molecule is Cc1cnc(Cl)nc1NCCOCCN(C)C. The van der Waals surface area contributed by atoms with Crippen LogP contribution < -0.4 is 5.32 Å². The van der Waals surface area contributed by atoms with Crippen molar-refractivity contribution in [3.05, 3.63) is 17.0 Å². The van der Waals surface area contributed by atoms with Crippen molar-refractivity contribution in [3.8, 4) is 0 Å². The quantitative estimate of drug-likeness (QED) is 0.592. The lowest BCUT2D eigenvalue weighted by Crippen LogP contribution is -2.20. The zero-order chi connectivity index (χ0) is 12.7. The fraction of sp³-hybridized carbons (Fsp3) is 0.636. The number of nitrogens with zero attached hydrogens (tertiary/aromatic N) is 3. The zero-order valence-corrected chi connectivity index (χ0v) is 11.3. The van der Waals surface area contributed by atoms with Crippen LogP contribution in [0.5, 0.6) is 0 Å². The second-order valence-corrected chi connectivity index (χ2v) is 4.35. The first-order valence-corrected chi connectivity index (χ1v) is 5.93. The lowest BCUT2D eigenvalue weighted by atomic mass is 10.3. The minimum atomic E-state index is 0.256. The van der Waals surface area contributed by atoms with Crippen molar-refractivity contribution in [3.63, 3.8) is 0 Å². The molecule has 0 unspecified atom stereocenters. The highest BCUT2D eigenvalue weighted by molar-refractivity contribution is 6.28. The highest BCUT2D eigenvalue weighted by Crippen LogP contribution is 2.11. The van der Waals surface area contributed by atoms with E-state index < -0.39 is 0 Å². The van der Waals surface area contributed by atoms with E-state index >= 15 is 0 Å². The van der Waals surface area contributed by atoms with Crippen LogP contribution in [0.15, 0.2) is 6.20 Å². The molecule has 17 heavy (non-hydrogen) atoms. The lowest BCUT2D eigenvalue weighted by molar-refractivity contribution is 0.126. The molecule has 0 bridgehead atoms. The number of likely N-dealkylation sites (N-methyl/N-ethyl adjacent to an activating group) is 1. The molecule has 0 radical (unpaired) electrons. The van der Waals surface area contributed by atoms with Crippen LogP contribution in [-0.2, 0) is 4.74 Å². The first-order chi connectivity index (χ1) is 8.09. The summed E-state index contributed by atoms with van der Waals surface area (Å²) in [4.78, 5) is 10.1. The summed E-state index contributed by atoms with van der Waals surface area (Å²) in [7, 11) is 4.04. The van der Waals surface area contributed by atoms with Crippen molar-refractivity contribution in [2.45, 2.75) is 6.92 Å². The van der Waals surface area contributed by atoms with Gasteiger partial charge in [-0.3, -0.25) is 0 Å². The van der Waals surface area contributed by atoms with Crippen molar-refractivity contribution in [1.82, 2.24) is 14.9 Å². The molecule has 0 aliphatic rings. The molecular formula is C11H19ClN4O. The van der Waals surface area contributed by atoms with Gasteiger partial charge in [0.15, 0.2) is 0 Å². The van der Waals surface area contributed by atoms with Gasteiger partial charge >= 0.3 is 0 Å². The van der Waals surface area contributed by atoms with Gasteiger partial charge in [-0.2, -0.15) is 0 Å². The number of nitrogens with one attached hydrogen (secondary N) is 1. The molecule has 0 amide bonds. The van der Waals surface area contributed by atoms with Crippen LogP contribution in [-0.4, -0.2) is 55.3 Å². The maximum atomic E-state index is 5.72. The second kappa shape index (κ2) is 7.42. The Kier molecular flexibility index (Phi) is 6.18. The summed E-state index contributed by atoms with van der Waals surface area (Å²) >= 11 is 5.72. The first kappa shape index (κ1) is 14.2. The Morgan fingerprint density at radius 2 is 2.18 bits per heavy atom. The van der Waals surface area contributed by atoms with Crippen LogP contribution in [0.25, 0.3) is 0 Å². The number of halogens is 1. The van der Waals surface area contributed by atoms with E-state index in [2.05, 4.69) is 20.2 Å². The van der Waals surface area contributed by atoms with Gasteiger partial charge in [0, 0.05) is 24.8 Å². The molecular weight excluding hydrogens is 240 g/mol. The first-order valence-electron chi connectivity index (χ1n) is 5.55. The summed E-state index contributed by atoms with van der Waals surface area (Å²) in [5, 5.41) is 3.42. The molecule has 0 aliphatic heterocycles. The number of rotatable bonds is 7. The normalized spacial score (nSPS) is 10.9. The Labute approximate surface area is 107 Å². The van der Waals surface area contributed by atoms with Crippen molar-refractivity contribution >= 4 is 17.4 Å². The molecule has 0 saturated carbocycles. The molecule has 5 nitrogen and oxygen atoms in total. The van der Waals surface area contributed by atoms with Gasteiger partial charge in [-0.25, -0.2) is 9.97 Å². The predicted octanol–water partition coefficient (Wildman–Crippen LogP) is 1.43. The van der Waals surface area contributed by atoms with E-state index in [1.165, 1.54) is 0 Å². The lowest BCUT2D eigenvalue weighted by Gasteiger charge is -2.11. The average Bonchev–Trinajstić information content (AvgIpc) is 2.27. The number of anilines is 1. The minimum absolute atomic E-state index is 0.256. The zero-order valence-electron chi connectivity index (χ0n) is 10.5. The van der Waals surface area contributed by atoms with E-state index in [4.69, 9.17) is 16.3 Å². The van der Waals surface area contributed by atoms with Crippen LogP contribution in [0, 0.1) is 6.92 Å². The molecule has 0 saturated heterocycles. The maximum Gasteiger partial charge on any atom is 0.224 e. The van der Waals surface area contributed by atoms with E-state index in [-0.39, 0.29) is 5.28 Å². The van der Waals surface area contributed by atoms with Gasteiger partial charge in [-0.15, -0.1) is 0 Å². The van der Waals surface area contributed by atoms with Crippen molar-refractivity contribution in [2.24, 2.45) is 0 Å². The third kappa shape index (κ3) is 5.81. The van der Waals surface area contributed by atoms with Crippen LogP contribution in [0.3, 0.4) is 0 Å². The molecule has 0 atom stereocenters. The fourth-order valence-electron chi connectivity index (χ4n) is 1.19. The van der Waals surface area contributed by atoms with E-state index in [9.17, 15) is 0 Å². The molecule has 1 aromatic heterocycles. The van der Waals surface area contributed by atoms with E-state index in [1.54, 1.807) is 6.20 Å². The van der Waals surface area contributed by atoms with Crippen molar-refractivity contribution in [1.29, 1.82) is 0 Å². The third-order valence-electron chi connectivity index (χ3n) is 2.16. The standard InChI is InChI=1S/C11H19ClN4O/c1-9-8-14-11(12)15-10(9)13-4-6-17-7-5-16(2)3/h8H,4-7H2,1-3H3,(H,13,14,15). The molecule has 1 aromatic rings. The van der Waals surface area contributed by atoms with Crippen LogP contribution in [0.2, 0.25) is 5.28 Å². The number of ether oxygens (including phenoxy) is 1. The van der Waals surface area contributed by atoms with Gasteiger partial charge in [-0.1, -0.05) is 0 Å². The van der Waals surface area contributed by atoms with Gasteiger partial charge in [0.05, 0.1) is 13.2 Å². The summed E-state index contributed by atoms with van der Waals surface area (Å²) in [6, 6.07) is 0. The third-order valence-corrected chi connectivity index (χ3v) is 2.35. The van der Waals surface area contributed by atoms with E-state index in [0.29, 0.717) is 13.2 Å². The molecule has 1 N–H and O–H groups in total. The van der Waals surface area contributed by atoms with Gasteiger partial charge < -0.3 is 15.0 Å². The Morgan fingerprint density at radius 3 is 2.88 bits per heavy atom. The van der Waals surface area contributed by atoms with Gasteiger partial charge in [0.2, 0.25) is 5.28 Å². The minimum Gasteiger partial charge on any atom is -0.378 e. The molecule has 6 heteroatoms. The van der Waals surface area contributed by atoms with Gasteiger partial charge in [-0.05, 0) is 32.6 Å². The van der Waals surface area contributed by atoms with Crippen LogP contribution in [0.1, 0.15) is 5.56 Å². The Hall–Kier alpha value is -0.910. The summed E-state index contributed by atoms with van der Waals surface area (Å²) in [6.07, 6.45) is 1.70. The molecule has 1 heterocycles. The summed E-state index contributed by atoms with van der Waals surface area (Å²) < 4.78 is 5.46. The average molecular weight is 259 g/mol. The van der Waals surface area contributed by atoms with Crippen LogP contribution >= 0.6 is 11.6 Å². The summed E-state index contributed by atoms with van der Waals surface area (Å²) in [6.45, 7) is 4.96. The number of hydrogen-bond acceptors (Lipinski definition) is 5. The smallest absolute Gasteiger partial charge is 0.224 e. The van der Waals surface area contributed by atoms with Crippen LogP contribution in [0.4, 0.5) is 5.82 Å². The Bertz CT molecular complexity index is 346. The molecule has 0 fully saturated rings. The molecule has 0 spiro atoms. The second-order valence-electron chi connectivity index (χ2n) is 4.01. The number of aromatic nitrogens is 2. The largest absolute Gasteiger partial charge is 0.378 e. The summed E-state index contributed by atoms with van der Waals surface area (Å²) in [5.41, 5.74) is 0.975. The molecule has 1 rings (SSSR count). The maximum absolute atomic E-state index is 5.72. The number of aryl methyl sites for hydroxylation is 1.